The van der Waals surface area contributed by atoms with Crippen LogP contribution in [0.3, 0.4) is 0 Å². The van der Waals surface area contributed by atoms with Crippen LogP contribution in [0.4, 0.5) is 11.4 Å². The molecular weight excluding hydrogens is 609 g/mol. The van der Waals surface area contributed by atoms with Gasteiger partial charge < -0.3 is 21.1 Å². The van der Waals surface area contributed by atoms with E-state index in [2.05, 4.69) is 16.0 Å². The van der Waals surface area contributed by atoms with E-state index < -0.39 is 23.0 Å². The molecule has 0 spiro atoms. The van der Waals surface area contributed by atoms with Crippen LogP contribution in [0.2, 0.25) is 10.0 Å². The molecule has 8 nitrogen and oxygen atoms in total. The Morgan fingerprint density at radius 1 is 0.814 bits per heavy atom. The predicted octanol–water partition coefficient (Wildman–Crippen LogP) is 7.22. The minimum absolute atomic E-state index is 0.0214. The third kappa shape index (κ3) is 8.96. The summed E-state index contributed by atoms with van der Waals surface area (Å²) in [6.45, 7) is 1.71. The Balaban J connectivity index is 1.42. The number of carboxylic acids is 1. The van der Waals surface area contributed by atoms with Crippen molar-refractivity contribution in [2.24, 2.45) is 0 Å². The van der Waals surface area contributed by atoms with Crippen LogP contribution in [0.1, 0.15) is 33.2 Å². The van der Waals surface area contributed by atoms with E-state index in [9.17, 15) is 24.3 Å². The van der Waals surface area contributed by atoms with Gasteiger partial charge in [-0.15, -0.1) is 11.8 Å². The molecule has 0 saturated heterocycles. The second kappa shape index (κ2) is 14.6. The summed E-state index contributed by atoms with van der Waals surface area (Å²) in [5.74, 6) is -2.51. The number of thioether (sulfide) groups is 1. The minimum atomic E-state index is -1.19. The van der Waals surface area contributed by atoms with Crippen molar-refractivity contribution in [3.63, 3.8) is 0 Å². The van der Waals surface area contributed by atoms with Crippen LogP contribution in [-0.4, -0.2) is 34.0 Å². The highest BCUT2D eigenvalue weighted by Gasteiger charge is 2.18. The molecular formula is C32H25Cl2N3O5S. The summed E-state index contributed by atoms with van der Waals surface area (Å²) in [7, 11) is 0. The Morgan fingerprint density at radius 2 is 1.51 bits per heavy atom. The summed E-state index contributed by atoms with van der Waals surface area (Å²) in [6.07, 6.45) is 1.53. The van der Waals surface area contributed by atoms with E-state index in [1.54, 1.807) is 85.8 Å². The zero-order valence-electron chi connectivity index (χ0n) is 22.6. The van der Waals surface area contributed by atoms with Gasteiger partial charge in [-0.25, -0.2) is 4.79 Å². The molecule has 0 bridgehead atoms. The van der Waals surface area contributed by atoms with Crippen molar-refractivity contribution in [3.8, 4) is 0 Å². The molecule has 11 heteroatoms. The fourth-order valence-corrected chi connectivity index (χ4v) is 5.05. The Hall–Kier alpha value is -4.57. The Morgan fingerprint density at radius 3 is 2.19 bits per heavy atom. The Labute approximate surface area is 262 Å². The van der Waals surface area contributed by atoms with E-state index in [4.69, 9.17) is 23.2 Å². The van der Waals surface area contributed by atoms with Crippen molar-refractivity contribution in [2.45, 2.75) is 17.1 Å². The second-order valence-corrected chi connectivity index (χ2v) is 11.4. The fourth-order valence-electron chi connectivity index (χ4n) is 3.79. The van der Waals surface area contributed by atoms with Gasteiger partial charge >= 0.3 is 5.97 Å². The molecule has 0 fully saturated rings. The molecule has 0 aliphatic carbocycles. The highest BCUT2D eigenvalue weighted by Crippen LogP contribution is 2.27. The first-order valence-corrected chi connectivity index (χ1v) is 14.5. The monoisotopic (exact) mass is 633 g/mol. The van der Waals surface area contributed by atoms with Crippen LogP contribution in [0, 0.1) is 0 Å². The van der Waals surface area contributed by atoms with E-state index >= 15 is 0 Å². The van der Waals surface area contributed by atoms with Gasteiger partial charge in [0.05, 0.1) is 15.8 Å². The van der Waals surface area contributed by atoms with Gasteiger partial charge in [0, 0.05) is 26.9 Å². The number of halogens is 2. The van der Waals surface area contributed by atoms with Gasteiger partial charge in [-0.2, -0.15) is 0 Å². The number of hydrogen-bond donors (Lipinski definition) is 4. The average Bonchev–Trinajstić information content (AvgIpc) is 2.99. The second-order valence-electron chi connectivity index (χ2n) is 9.16. The quantitative estimate of drug-likeness (QED) is 0.108. The zero-order valence-corrected chi connectivity index (χ0v) is 25.0. The maximum atomic E-state index is 13.3. The third-order valence-electron chi connectivity index (χ3n) is 5.95. The van der Waals surface area contributed by atoms with Gasteiger partial charge in [0.1, 0.15) is 5.70 Å². The molecule has 0 aromatic heterocycles. The zero-order chi connectivity index (χ0) is 30.9. The molecule has 4 N–H and O–H groups in total. The van der Waals surface area contributed by atoms with Gasteiger partial charge in [-0.1, -0.05) is 53.5 Å². The molecule has 0 heterocycles. The third-order valence-corrected chi connectivity index (χ3v) is 7.62. The van der Waals surface area contributed by atoms with E-state index in [0.717, 1.165) is 4.90 Å². The summed E-state index contributed by atoms with van der Waals surface area (Å²) in [4.78, 5) is 50.9. The number of benzene rings is 4. The normalized spacial score (nSPS) is 11.7. The molecule has 0 aliphatic heterocycles. The number of nitrogens with one attached hydrogen (secondary N) is 3. The van der Waals surface area contributed by atoms with Crippen molar-refractivity contribution < 1.29 is 24.3 Å². The average molecular weight is 635 g/mol. The van der Waals surface area contributed by atoms with Crippen molar-refractivity contribution in [1.82, 2.24) is 5.32 Å². The molecule has 0 aliphatic rings. The fraction of sp³-hybridized carbons (Fsp3) is 0.0625. The first-order chi connectivity index (χ1) is 20.6. The van der Waals surface area contributed by atoms with Crippen LogP contribution in [-0.2, 0) is 9.59 Å². The first-order valence-electron chi connectivity index (χ1n) is 12.8. The standard InChI is InChI=1S/C32H25Cl2N3O5S/c1-19(29(38)36-24-12-15-27(34)26(18-24)32(41)42)43-25-13-10-23(11-14-25)35-31(40)28(17-20-6-5-9-22(33)16-20)37-30(39)21-7-3-2-4-8-21/h2-19H,1H3,(H,35,40)(H,36,38)(H,37,39)(H,41,42)/b28-17-. The molecule has 0 radical (unpaired) electrons. The lowest BCUT2D eigenvalue weighted by atomic mass is 10.1. The molecule has 4 aromatic carbocycles. The van der Waals surface area contributed by atoms with Gasteiger partial charge in [0.25, 0.3) is 11.8 Å². The smallest absolute Gasteiger partial charge is 0.337 e. The van der Waals surface area contributed by atoms with Gasteiger partial charge in [0.2, 0.25) is 5.91 Å². The lowest BCUT2D eigenvalue weighted by Gasteiger charge is -2.14. The number of carboxylic acid groups (broad SMARTS) is 1. The maximum Gasteiger partial charge on any atom is 0.337 e. The summed E-state index contributed by atoms with van der Waals surface area (Å²) in [5.41, 5.74) is 1.72. The Bertz CT molecular complexity index is 1700. The van der Waals surface area contributed by atoms with Crippen LogP contribution in [0.25, 0.3) is 6.08 Å². The van der Waals surface area contributed by atoms with Crippen LogP contribution in [0.15, 0.2) is 108 Å². The van der Waals surface area contributed by atoms with Crippen LogP contribution >= 0.6 is 35.0 Å². The predicted molar refractivity (Wildman–Crippen MR) is 171 cm³/mol. The van der Waals surface area contributed by atoms with Crippen molar-refractivity contribution in [3.05, 3.63) is 129 Å². The Kier molecular flexibility index (Phi) is 10.6. The van der Waals surface area contributed by atoms with Crippen molar-refractivity contribution in [1.29, 1.82) is 0 Å². The van der Waals surface area contributed by atoms with E-state index in [0.29, 0.717) is 27.5 Å². The molecule has 1 atom stereocenters. The number of rotatable bonds is 10. The first kappa shape index (κ1) is 31.4. The molecule has 218 valence electrons. The number of carbonyl (C=O) groups is 4. The molecule has 3 amide bonds. The number of aromatic carboxylic acids is 1. The summed E-state index contributed by atoms with van der Waals surface area (Å²) < 4.78 is 0. The maximum absolute atomic E-state index is 13.3. The van der Waals surface area contributed by atoms with Gasteiger partial charge in [0.15, 0.2) is 0 Å². The van der Waals surface area contributed by atoms with Crippen molar-refractivity contribution in [2.75, 3.05) is 10.6 Å². The summed E-state index contributed by atoms with van der Waals surface area (Å²) in [5, 5.41) is 17.4. The summed E-state index contributed by atoms with van der Waals surface area (Å²) >= 11 is 13.3. The van der Waals surface area contributed by atoms with E-state index in [1.165, 1.54) is 36.0 Å². The van der Waals surface area contributed by atoms with Crippen molar-refractivity contribution >= 4 is 76.1 Å². The lowest BCUT2D eigenvalue weighted by molar-refractivity contribution is -0.115. The SMILES string of the molecule is CC(Sc1ccc(NC(=O)/C(=C/c2cccc(Cl)c2)NC(=O)c2ccccc2)cc1)C(=O)Nc1ccc(Cl)c(C(=O)O)c1. The highest BCUT2D eigenvalue weighted by molar-refractivity contribution is 8.00. The highest BCUT2D eigenvalue weighted by atomic mass is 35.5. The molecule has 43 heavy (non-hydrogen) atoms. The number of hydrogen-bond acceptors (Lipinski definition) is 5. The van der Waals surface area contributed by atoms with Crippen LogP contribution < -0.4 is 16.0 Å². The van der Waals surface area contributed by atoms with Crippen LogP contribution in [0.5, 0.6) is 0 Å². The van der Waals surface area contributed by atoms with E-state index in [1.807, 2.05) is 0 Å². The number of amides is 3. The van der Waals surface area contributed by atoms with Gasteiger partial charge in [-0.3, -0.25) is 14.4 Å². The molecule has 1 unspecified atom stereocenters. The largest absolute Gasteiger partial charge is 0.478 e. The lowest BCUT2D eigenvalue weighted by Crippen LogP contribution is -2.30. The molecule has 0 saturated carbocycles. The number of anilines is 2. The number of carbonyl (C=O) groups excluding carboxylic acids is 3. The molecule has 4 aromatic rings. The van der Waals surface area contributed by atoms with E-state index in [-0.39, 0.29) is 22.2 Å². The minimum Gasteiger partial charge on any atom is -0.478 e. The van der Waals surface area contributed by atoms with Gasteiger partial charge in [-0.05, 0) is 85.3 Å². The topological polar surface area (TPSA) is 125 Å². The molecule has 4 rings (SSSR count). The summed E-state index contributed by atoms with van der Waals surface area (Å²) in [6, 6.07) is 26.5.